The van der Waals surface area contributed by atoms with Crippen LogP contribution >= 0.6 is 0 Å². The summed E-state index contributed by atoms with van der Waals surface area (Å²) in [5.41, 5.74) is 0.534. The predicted molar refractivity (Wildman–Crippen MR) is 98.8 cm³/mol. The first-order valence-electron chi connectivity index (χ1n) is 8.68. The molecule has 6 nitrogen and oxygen atoms in total. The van der Waals surface area contributed by atoms with Crippen molar-refractivity contribution in [2.45, 2.75) is 31.2 Å². The summed E-state index contributed by atoms with van der Waals surface area (Å²) in [6.07, 6.45) is 0.647. The molecule has 26 heavy (non-hydrogen) atoms. The summed E-state index contributed by atoms with van der Waals surface area (Å²) in [6, 6.07) is 3.82. The SMILES string of the molecule is CC(=O)N(C)C[C@H]1CCN(S(=O)(=O)c2cc(F)ccc2C)C[C@H]1N(C)C. The van der Waals surface area contributed by atoms with Gasteiger partial charge < -0.3 is 9.80 Å². The van der Waals surface area contributed by atoms with Gasteiger partial charge in [-0.25, -0.2) is 12.8 Å². The smallest absolute Gasteiger partial charge is 0.243 e. The van der Waals surface area contributed by atoms with Crippen LogP contribution in [0.4, 0.5) is 4.39 Å². The van der Waals surface area contributed by atoms with E-state index in [-0.39, 0.29) is 22.8 Å². The van der Waals surface area contributed by atoms with Gasteiger partial charge in [0.05, 0.1) is 4.90 Å². The van der Waals surface area contributed by atoms with Crippen LogP contribution in [0.2, 0.25) is 0 Å². The Hall–Kier alpha value is -1.51. The van der Waals surface area contributed by atoms with Crippen LogP contribution in [-0.2, 0) is 14.8 Å². The lowest BCUT2D eigenvalue weighted by Crippen LogP contribution is -2.54. The average molecular weight is 386 g/mol. The molecule has 1 aromatic carbocycles. The number of benzene rings is 1. The number of piperidine rings is 1. The number of hydrogen-bond donors (Lipinski definition) is 0. The molecule has 146 valence electrons. The number of amides is 1. The molecule has 1 fully saturated rings. The van der Waals surface area contributed by atoms with Crippen molar-refractivity contribution in [2.24, 2.45) is 5.92 Å². The first-order chi connectivity index (χ1) is 12.0. The molecule has 0 radical (unpaired) electrons. The number of rotatable bonds is 5. The quantitative estimate of drug-likeness (QED) is 0.772. The molecule has 0 spiro atoms. The lowest BCUT2D eigenvalue weighted by Gasteiger charge is -2.42. The second-order valence-electron chi connectivity index (χ2n) is 7.25. The summed E-state index contributed by atoms with van der Waals surface area (Å²) >= 11 is 0. The fourth-order valence-electron chi connectivity index (χ4n) is 3.44. The van der Waals surface area contributed by atoms with E-state index in [9.17, 15) is 17.6 Å². The lowest BCUT2D eigenvalue weighted by molar-refractivity contribution is -0.128. The summed E-state index contributed by atoms with van der Waals surface area (Å²) < 4.78 is 41.1. The first kappa shape index (κ1) is 20.8. The molecular weight excluding hydrogens is 357 g/mol. The van der Waals surface area contributed by atoms with Crippen LogP contribution in [0, 0.1) is 18.7 Å². The van der Waals surface area contributed by atoms with Gasteiger partial charge >= 0.3 is 0 Å². The van der Waals surface area contributed by atoms with Gasteiger partial charge in [-0.05, 0) is 51.1 Å². The number of hydrogen-bond acceptors (Lipinski definition) is 4. The minimum Gasteiger partial charge on any atom is -0.346 e. The zero-order chi connectivity index (χ0) is 19.6. The van der Waals surface area contributed by atoms with Gasteiger partial charge in [-0.1, -0.05) is 6.07 Å². The van der Waals surface area contributed by atoms with Gasteiger partial charge in [0.25, 0.3) is 0 Å². The molecule has 0 saturated carbocycles. The molecular formula is C18H28FN3O3S. The highest BCUT2D eigenvalue weighted by molar-refractivity contribution is 7.89. The maximum Gasteiger partial charge on any atom is 0.243 e. The lowest BCUT2D eigenvalue weighted by atomic mass is 9.91. The fraction of sp³-hybridized carbons (Fsp3) is 0.611. The van der Waals surface area contributed by atoms with Crippen molar-refractivity contribution >= 4 is 15.9 Å². The third kappa shape index (κ3) is 4.42. The number of halogens is 1. The van der Waals surface area contributed by atoms with Crippen molar-refractivity contribution in [3.63, 3.8) is 0 Å². The summed E-state index contributed by atoms with van der Waals surface area (Å²) in [6.45, 7) is 4.47. The van der Waals surface area contributed by atoms with Crippen LogP contribution in [0.1, 0.15) is 18.9 Å². The molecule has 2 atom stereocenters. The molecule has 1 saturated heterocycles. The number of sulfonamides is 1. The first-order valence-corrected chi connectivity index (χ1v) is 10.1. The van der Waals surface area contributed by atoms with Gasteiger partial charge in [-0.3, -0.25) is 4.79 Å². The van der Waals surface area contributed by atoms with Gasteiger partial charge in [0.2, 0.25) is 15.9 Å². The van der Waals surface area contributed by atoms with Crippen LogP contribution in [0.15, 0.2) is 23.1 Å². The molecule has 1 aliphatic heterocycles. The Morgan fingerprint density at radius 2 is 1.96 bits per heavy atom. The minimum absolute atomic E-state index is 0.00653. The van der Waals surface area contributed by atoms with Crippen molar-refractivity contribution in [3.8, 4) is 0 Å². The molecule has 1 amide bonds. The van der Waals surface area contributed by atoms with Gasteiger partial charge in [-0.15, -0.1) is 0 Å². The van der Waals surface area contributed by atoms with Gasteiger partial charge in [0, 0.05) is 39.6 Å². The second kappa shape index (κ2) is 8.02. The van der Waals surface area contributed by atoms with Crippen molar-refractivity contribution < 1.29 is 17.6 Å². The van der Waals surface area contributed by atoms with Crippen molar-refractivity contribution in [1.82, 2.24) is 14.1 Å². The number of likely N-dealkylation sites (N-methyl/N-ethyl adjacent to an activating group) is 1. The van der Waals surface area contributed by atoms with E-state index in [4.69, 9.17) is 0 Å². The maximum absolute atomic E-state index is 13.6. The number of carbonyl (C=O) groups is 1. The maximum atomic E-state index is 13.6. The van der Waals surface area contributed by atoms with Gasteiger partial charge in [0.1, 0.15) is 5.82 Å². The largest absolute Gasteiger partial charge is 0.346 e. The topological polar surface area (TPSA) is 60.9 Å². The molecule has 0 unspecified atom stereocenters. The third-order valence-corrected chi connectivity index (χ3v) is 7.17. The zero-order valence-electron chi connectivity index (χ0n) is 16.1. The highest BCUT2D eigenvalue weighted by Crippen LogP contribution is 2.28. The van der Waals surface area contributed by atoms with E-state index in [1.165, 1.54) is 23.4 Å². The average Bonchev–Trinajstić information content (AvgIpc) is 2.56. The summed E-state index contributed by atoms with van der Waals surface area (Å²) in [5, 5.41) is 0. The molecule has 8 heteroatoms. The van der Waals surface area contributed by atoms with Crippen LogP contribution in [0.25, 0.3) is 0 Å². The molecule has 0 bridgehead atoms. The van der Waals surface area contributed by atoms with E-state index in [1.807, 2.05) is 19.0 Å². The summed E-state index contributed by atoms with van der Waals surface area (Å²) in [5.74, 6) is -0.386. The highest BCUT2D eigenvalue weighted by atomic mass is 32.2. The Bertz CT molecular complexity index is 767. The van der Waals surface area contributed by atoms with Crippen LogP contribution in [-0.4, -0.2) is 75.2 Å². The Morgan fingerprint density at radius 3 is 2.54 bits per heavy atom. The monoisotopic (exact) mass is 385 g/mol. The molecule has 1 heterocycles. The number of nitrogens with zero attached hydrogens (tertiary/aromatic N) is 3. The Morgan fingerprint density at radius 1 is 1.31 bits per heavy atom. The molecule has 1 aliphatic rings. The van der Waals surface area contributed by atoms with Crippen LogP contribution in [0.5, 0.6) is 0 Å². The molecule has 1 aromatic rings. The Labute approximate surface area is 155 Å². The standard InChI is InChI=1S/C18H28FN3O3S/c1-13-6-7-16(19)10-18(13)26(24,25)22-9-8-15(11-21(5)14(2)23)17(12-22)20(3)4/h6-7,10,15,17H,8-9,11-12H2,1-5H3/t15-,17-/m1/s1. The zero-order valence-corrected chi connectivity index (χ0v) is 16.9. The van der Waals surface area contributed by atoms with Crippen molar-refractivity contribution in [2.75, 3.05) is 40.8 Å². The molecule has 2 rings (SSSR count). The summed E-state index contributed by atoms with van der Waals surface area (Å²) in [7, 11) is 1.82. The van der Waals surface area contributed by atoms with E-state index >= 15 is 0 Å². The number of carbonyl (C=O) groups excluding carboxylic acids is 1. The normalized spacial score (nSPS) is 21.8. The molecule has 0 N–H and O–H groups in total. The van der Waals surface area contributed by atoms with Crippen LogP contribution < -0.4 is 0 Å². The second-order valence-corrected chi connectivity index (χ2v) is 9.16. The molecule has 0 aliphatic carbocycles. The Kier molecular flexibility index (Phi) is 6.42. The van der Waals surface area contributed by atoms with E-state index in [0.717, 1.165) is 6.07 Å². The minimum atomic E-state index is -3.76. The van der Waals surface area contributed by atoms with Gasteiger partial charge in [0.15, 0.2) is 0 Å². The van der Waals surface area contributed by atoms with Gasteiger partial charge in [-0.2, -0.15) is 4.31 Å². The Balaban J connectivity index is 2.25. The van der Waals surface area contributed by atoms with E-state index < -0.39 is 15.8 Å². The third-order valence-electron chi connectivity index (χ3n) is 5.16. The predicted octanol–water partition coefficient (Wildman–Crippen LogP) is 1.55. The summed E-state index contributed by atoms with van der Waals surface area (Å²) in [4.78, 5) is 15.2. The van der Waals surface area contributed by atoms with Crippen molar-refractivity contribution in [3.05, 3.63) is 29.6 Å². The van der Waals surface area contributed by atoms with E-state index in [0.29, 0.717) is 31.6 Å². The highest BCUT2D eigenvalue weighted by Gasteiger charge is 2.37. The fourth-order valence-corrected chi connectivity index (χ4v) is 5.15. The van der Waals surface area contributed by atoms with Crippen molar-refractivity contribution in [1.29, 1.82) is 0 Å². The van der Waals surface area contributed by atoms with Crippen LogP contribution in [0.3, 0.4) is 0 Å². The van der Waals surface area contributed by atoms with E-state index in [2.05, 4.69) is 0 Å². The molecule has 0 aromatic heterocycles. The number of aryl methyl sites for hydroxylation is 1. The van der Waals surface area contributed by atoms with E-state index in [1.54, 1.807) is 18.9 Å².